The van der Waals surface area contributed by atoms with Crippen molar-refractivity contribution in [3.05, 3.63) is 23.5 Å². The Hall–Kier alpha value is -3.78. The first kappa shape index (κ1) is 38.5. The van der Waals surface area contributed by atoms with Crippen molar-refractivity contribution in [3.8, 4) is 0 Å². The van der Waals surface area contributed by atoms with Gasteiger partial charge in [0.25, 0.3) is 0 Å². The highest BCUT2D eigenvalue weighted by Gasteiger charge is 2.22. The Morgan fingerprint density at radius 3 is 1.31 bits per heavy atom. The Morgan fingerprint density at radius 2 is 0.944 bits per heavy atom. The molecule has 0 bridgehead atoms. The third kappa shape index (κ3) is 9.90. The molecule has 4 fully saturated rings. The monoisotopic (exact) mass is 745 g/mol. The third-order valence-electron chi connectivity index (χ3n) is 11.7. The molecule has 2 saturated heterocycles. The lowest BCUT2D eigenvalue weighted by Gasteiger charge is -2.24. The second-order valence-electron chi connectivity index (χ2n) is 16.6. The fourth-order valence-corrected chi connectivity index (χ4v) is 8.26. The van der Waals surface area contributed by atoms with E-state index in [0.717, 1.165) is 111 Å². The molecule has 4 aromatic rings. The lowest BCUT2D eigenvalue weighted by molar-refractivity contribution is 0.0902. The lowest BCUT2D eigenvalue weighted by Crippen LogP contribution is -2.29. The van der Waals surface area contributed by atoms with Gasteiger partial charge in [-0.05, 0) is 75.0 Å². The molecule has 2 aliphatic carbocycles. The first-order chi connectivity index (χ1) is 26.4. The van der Waals surface area contributed by atoms with Gasteiger partial charge < -0.3 is 30.7 Å². The zero-order valence-electron chi connectivity index (χ0n) is 33.2. The van der Waals surface area contributed by atoms with Crippen molar-refractivity contribution in [2.75, 3.05) is 60.8 Å². The number of ether oxygens (including phenoxy) is 2. The zero-order valence-corrected chi connectivity index (χ0v) is 33.2. The first-order valence-electron chi connectivity index (χ1n) is 21.1. The molecule has 0 unspecified atom stereocenters. The molecule has 296 valence electrons. The van der Waals surface area contributed by atoms with Crippen molar-refractivity contribution in [2.24, 2.45) is 11.8 Å². The van der Waals surface area contributed by atoms with Gasteiger partial charge in [0.05, 0.1) is 12.4 Å². The molecule has 0 spiro atoms. The van der Waals surface area contributed by atoms with Gasteiger partial charge in [0.15, 0.2) is 11.3 Å². The van der Waals surface area contributed by atoms with Crippen LogP contribution in [0.3, 0.4) is 0 Å². The maximum absolute atomic E-state index is 5.47. The second-order valence-corrected chi connectivity index (χ2v) is 16.6. The van der Waals surface area contributed by atoms with Crippen LogP contribution in [-0.4, -0.2) is 90.8 Å². The van der Waals surface area contributed by atoms with E-state index in [0.29, 0.717) is 35.8 Å². The Labute approximate surface area is 320 Å². The van der Waals surface area contributed by atoms with Crippen LogP contribution in [0.4, 0.5) is 23.8 Å². The largest absolute Gasteiger partial charge is 0.381 e. The van der Waals surface area contributed by atoms with Crippen molar-refractivity contribution in [1.29, 1.82) is 0 Å². The molecule has 0 aromatic carbocycles. The minimum Gasteiger partial charge on any atom is -0.381 e. The van der Waals surface area contributed by atoms with E-state index in [1.807, 2.05) is 21.4 Å². The Bertz CT molecular complexity index is 1620. The topological polar surface area (TPSA) is 153 Å². The standard InChI is InChI=1S/2C20H32N6O/c2*1-14(2)17-13-22-26-18(17)24-19(23-16-8-10-27-11-9-16)25-20(26)21-12-15-6-4-3-5-7-15/h2*13-16H,3-12H2,1-2H3,(H2,21,23,24,25). The van der Waals surface area contributed by atoms with Crippen LogP contribution in [0.2, 0.25) is 0 Å². The van der Waals surface area contributed by atoms with Gasteiger partial charge in [0.2, 0.25) is 23.8 Å². The summed E-state index contributed by atoms with van der Waals surface area (Å²) in [6.07, 6.45) is 21.2. The number of nitrogens with one attached hydrogen (secondary N) is 4. The number of rotatable bonds is 12. The summed E-state index contributed by atoms with van der Waals surface area (Å²) >= 11 is 0. The summed E-state index contributed by atoms with van der Waals surface area (Å²) in [5.74, 6) is 5.20. The van der Waals surface area contributed by atoms with Crippen LogP contribution >= 0.6 is 0 Å². The van der Waals surface area contributed by atoms with E-state index in [4.69, 9.17) is 29.4 Å². The fraction of sp³-hybridized carbons (Fsp3) is 0.750. The van der Waals surface area contributed by atoms with Crippen LogP contribution in [0.5, 0.6) is 0 Å². The Morgan fingerprint density at radius 1 is 0.556 bits per heavy atom. The summed E-state index contributed by atoms with van der Waals surface area (Å²) in [5.41, 5.74) is 4.13. The van der Waals surface area contributed by atoms with Crippen LogP contribution in [0, 0.1) is 11.8 Å². The summed E-state index contributed by atoms with van der Waals surface area (Å²) in [5, 5.41) is 23.3. The van der Waals surface area contributed by atoms with E-state index < -0.39 is 0 Å². The van der Waals surface area contributed by atoms with Gasteiger partial charge in [-0.1, -0.05) is 66.2 Å². The van der Waals surface area contributed by atoms with Gasteiger partial charge >= 0.3 is 0 Å². The minimum absolute atomic E-state index is 0.373. The highest BCUT2D eigenvalue weighted by atomic mass is 16.5. The molecule has 8 rings (SSSR count). The van der Waals surface area contributed by atoms with E-state index in [2.05, 4.69) is 59.2 Å². The number of nitrogens with zero attached hydrogens (tertiary/aromatic N) is 8. The van der Waals surface area contributed by atoms with E-state index >= 15 is 0 Å². The molecular weight excluding hydrogens is 681 g/mol. The van der Waals surface area contributed by atoms with Crippen molar-refractivity contribution < 1.29 is 9.47 Å². The summed E-state index contributed by atoms with van der Waals surface area (Å²) < 4.78 is 14.7. The molecule has 2 saturated carbocycles. The maximum atomic E-state index is 5.47. The quantitative estimate of drug-likeness (QED) is 0.113. The molecule has 4 N–H and O–H groups in total. The number of anilines is 4. The number of hydrogen-bond donors (Lipinski definition) is 4. The lowest BCUT2D eigenvalue weighted by atomic mass is 9.89. The Balaban J connectivity index is 0.000000167. The molecule has 2 aliphatic heterocycles. The van der Waals surface area contributed by atoms with E-state index in [-0.39, 0.29) is 0 Å². The predicted molar refractivity (Wildman–Crippen MR) is 215 cm³/mol. The third-order valence-corrected chi connectivity index (χ3v) is 11.7. The van der Waals surface area contributed by atoms with Crippen LogP contribution in [-0.2, 0) is 9.47 Å². The molecule has 6 heterocycles. The van der Waals surface area contributed by atoms with Gasteiger partial charge in [-0.25, -0.2) is 0 Å². The van der Waals surface area contributed by atoms with Crippen molar-refractivity contribution >= 4 is 35.1 Å². The van der Waals surface area contributed by atoms with Crippen LogP contribution in [0.1, 0.15) is 141 Å². The van der Waals surface area contributed by atoms with Crippen molar-refractivity contribution in [1.82, 2.24) is 39.2 Å². The predicted octanol–water partition coefficient (Wildman–Crippen LogP) is 7.66. The number of aromatic nitrogens is 8. The van der Waals surface area contributed by atoms with Crippen LogP contribution in [0.15, 0.2) is 12.4 Å². The normalized spacial score (nSPS) is 19.7. The van der Waals surface area contributed by atoms with Gasteiger partial charge in [0.1, 0.15) is 0 Å². The van der Waals surface area contributed by atoms with Crippen molar-refractivity contribution in [2.45, 2.75) is 142 Å². The summed E-state index contributed by atoms with van der Waals surface area (Å²) in [7, 11) is 0. The van der Waals surface area contributed by atoms with Crippen molar-refractivity contribution in [3.63, 3.8) is 0 Å². The van der Waals surface area contributed by atoms with Gasteiger partial charge in [-0.15, -0.1) is 0 Å². The van der Waals surface area contributed by atoms with E-state index in [1.165, 1.54) is 64.2 Å². The smallest absolute Gasteiger partial charge is 0.229 e. The number of hydrogen-bond acceptors (Lipinski definition) is 12. The average Bonchev–Trinajstić information content (AvgIpc) is 3.83. The fourth-order valence-electron chi connectivity index (χ4n) is 8.26. The molecule has 14 heteroatoms. The number of fused-ring (bicyclic) bond motifs is 2. The first-order valence-corrected chi connectivity index (χ1v) is 21.1. The molecule has 0 radical (unpaired) electrons. The molecular formula is C40H64N12O2. The SMILES string of the molecule is CC(C)c1cnn2c(NCC3CCCCC3)nc(NC3CCOCC3)nc12.CC(C)c1cnn2c(NCC3CCCCC3)nc(NC3CCOCC3)nc12. The highest BCUT2D eigenvalue weighted by Crippen LogP contribution is 2.28. The summed E-state index contributed by atoms with van der Waals surface area (Å²) in [6.45, 7) is 13.8. The summed E-state index contributed by atoms with van der Waals surface area (Å²) in [6, 6.07) is 0.746. The van der Waals surface area contributed by atoms with Gasteiger partial charge in [-0.2, -0.15) is 39.2 Å². The molecule has 14 nitrogen and oxygen atoms in total. The highest BCUT2D eigenvalue weighted by molar-refractivity contribution is 5.57. The van der Waals surface area contributed by atoms with Gasteiger partial charge in [-0.3, -0.25) is 0 Å². The zero-order chi connectivity index (χ0) is 37.3. The van der Waals surface area contributed by atoms with E-state index in [9.17, 15) is 0 Å². The minimum atomic E-state index is 0.373. The van der Waals surface area contributed by atoms with Crippen LogP contribution < -0.4 is 21.3 Å². The summed E-state index contributed by atoms with van der Waals surface area (Å²) in [4.78, 5) is 19.2. The molecule has 0 atom stereocenters. The Kier molecular flexibility index (Phi) is 13.3. The average molecular weight is 745 g/mol. The molecule has 54 heavy (non-hydrogen) atoms. The molecule has 0 amide bonds. The van der Waals surface area contributed by atoms with E-state index in [1.54, 1.807) is 0 Å². The van der Waals surface area contributed by atoms with Crippen LogP contribution in [0.25, 0.3) is 11.3 Å². The molecule has 4 aliphatic rings. The second kappa shape index (κ2) is 18.7. The molecule has 4 aromatic heterocycles. The maximum Gasteiger partial charge on any atom is 0.229 e. The van der Waals surface area contributed by atoms with Gasteiger partial charge in [0, 0.05) is 62.7 Å².